The maximum Gasteiger partial charge on any atom is 0.410 e. The highest BCUT2D eigenvalue weighted by Crippen LogP contribution is 2.41. The Morgan fingerprint density at radius 1 is 1.16 bits per heavy atom. The molecule has 1 aliphatic rings. The number of amides is 1. The minimum absolute atomic E-state index is 0.0227. The van der Waals surface area contributed by atoms with Gasteiger partial charge in [-0.05, 0) is 55.5 Å². The zero-order chi connectivity index (χ0) is 26.3. The maximum absolute atomic E-state index is 13.0. The molecule has 1 amide bonds. The minimum Gasteiger partial charge on any atom is -0.465 e. The zero-order valence-electron chi connectivity index (χ0n) is 19.4. The summed E-state index contributed by atoms with van der Waals surface area (Å²) in [5.41, 5.74) is 2.13. The number of sulfonamides is 1. The number of thiophene rings is 1. The molecular weight excluding hydrogens is 536 g/mol. The van der Waals surface area contributed by atoms with Crippen LogP contribution in [0, 0.1) is 0 Å². The summed E-state index contributed by atoms with van der Waals surface area (Å²) in [6, 6.07) is 12.8. The second-order valence-corrected chi connectivity index (χ2v) is 12.1. The van der Waals surface area contributed by atoms with Gasteiger partial charge in [0, 0.05) is 26.9 Å². The van der Waals surface area contributed by atoms with E-state index in [2.05, 4.69) is 20.0 Å². The van der Waals surface area contributed by atoms with E-state index in [1.807, 2.05) is 24.3 Å². The first kappa shape index (κ1) is 25.3. The van der Waals surface area contributed by atoms with Gasteiger partial charge in [0.2, 0.25) is 10.0 Å². The smallest absolute Gasteiger partial charge is 0.410 e. The Kier molecular flexibility index (Phi) is 6.71. The van der Waals surface area contributed by atoms with E-state index in [4.69, 9.17) is 16.7 Å². The summed E-state index contributed by atoms with van der Waals surface area (Å²) in [5, 5.41) is 11.8. The Labute approximate surface area is 221 Å². The van der Waals surface area contributed by atoms with Crippen LogP contribution >= 0.6 is 22.9 Å². The van der Waals surface area contributed by atoms with Crippen LogP contribution in [0.4, 0.5) is 10.6 Å². The van der Waals surface area contributed by atoms with Gasteiger partial charge in [0.05, 0.1) is 27.7 Å². The quantitative estimate of drug-likeness (QED) is 0.244. The number of carbonyl (C=O) groups excluding carboxylic acids is 1. The van der Waals surface area contributed by atoms with Crippen molar-refractivity contribution in [1.82, 2.24) is 14.7 Å². The van der Waals surface area contributed by atoms with Crippen molar-refractivity contribution in [3.8, 4) is 11.3 Å². The molecule has 0 spiro atoms. The lowest BCUT2D eigenvalue weighted by molar-refractivity contribution is 0.101. The maximum atomic E-state index is 13.0. The predicted molar refractivity (Wildman–Crippen MR) is 143 cm³/mol. The van der Waals surface area contributed by atoms with E-state index in [0.717, 1.165) is 15.6 Å². The first-order valence-electron chi connectivity index (χ1n) is 11.3. The summed E-state index contributed by atoms with van der Waals surface area (Å²) < 4.78 is 29.6. The highest BCUT2D eigenvalue weighted by Gasteiger charge is 2.38. The number of ketones is 1. The number of nitrogens with one attached hydrogen (secondary N) is 2. The van der Waals surface area contributed by atoms with Crippen molar-refractivity contribution in [3.05, 3.63) is 75.9 Å². The Morgan fingerprint density at radius 2 is 1.95 bits per heavy atom. The fraction of sp³-hybridized carbons (Fsp3) is 0.200. The van der Waals surface area contributed by atoms with Gasteiger partial charge < -0.3 is 5.11 Å². The number of anilines is 1. The number of carboxylic acid groups (broad SMARTS) is 1. The van der Waals surface area contributed by atoms with Crippen LogP contribution in [0.25, 0.3) is 21.3 Å². The summed E-state index contributed by atoms with van der Waals surface area (Å²) in [6.07, 6.45) is 1.41. The summed E-state index contributed by atoms with van der Waals surface area (Å²) in [4.78, 5) is 32.5. The number of Topliss-reactive ketones (excluding diaryl/α,β-unsaturated/α-hetero) is 1. The molecule has 0 aliphatic heterocycles. The van der Waals surface area contributed by atoms with Crippen LogP contribution in [0.15, 0.2) is 54.7 Å². The molecule has 3 N–H and O–H groups in total. The number of fused-ring (bicyclic) bond motifs is 1. The number of hydrogen-bond donors (Lipinski definition) is 3. The number of aromatic nitrogens is 2. The summed E-state index contributed by atoms with van der Waals surface area (Å²) >= 11 is 7.81. The molecule has 1 aliphatic carbocycles. The van der Waals surface area contributed by atoms with Crippen molar-refractivity contribution in [1.29, 1.82) is 0 Å². The molecule has 1 aromatic carbocycles. The van der Waals surface area contributed by atoms with Crippen LogP contribution < -0.4 is 10.0 Å². The lowest BCUT2D eigenvalue weighted by Gasteiger charge is -2.19. The van der Waals surface area contributed by atoms with Gasteiger partial charge >= 0.3 is 6.09 Å². The van der Waals surface area contributed by atoms with Gasteiger partial charge in [-0.2, -0.15) is 0 Å². The van der Waals surface area contributed by atoms with Crippen molar-refractivity contribution in [2.75, 3.05) is 5.32 Å². The fourth-order valence-corrected chi connectivity index (χ4v) is 6.99. The number of pyridine rings is 2. The topological polar surface area (TPSA) is 138 Å². The average molecular weight is 557 g/mol. The van der Waals surface area contributed by atoms with Gasteiger partial charge in [-0.1, -0.05) is 29.8 Å². The molecule has 0 bridgehead atoms. The third-order valence-corrected chi connectivity index (χ3v) is 9.40. The third-order valence-electron chi connectivity index (χ3n) is 5.92. The first-order chi connectivity index (χ1) is 17.6. The first-order valence-corrected chi connectivity index (χ1v) is 14.0. The van der Waals surface area contributed by atoms with Gasteiger partial charge in [-0.15, -0.1) is 11.3 Å². The largest absolute Gasteiger partial charge is 0.465 e. The van der Waals surface area contributed by atoms with Gasteiger partial charge in [0.25, 0.3) is 0 Å². The van der Waals surface area contributed by atoms with E-state index in [1.54, 1.807) is 18.3 Å². The average Bonchev–Trinajstić information content (AvgIpc) is 3.63. The molecule has 1 saturated carbocycles. The van der Waals surface area contributed by atoms with Gasteiger partial charge in [0.15, 0.2) is 5.78 Å². The van der Waals surface area contributed by atoms with E-state index in [1.165, 1.54) is 30.4 Å². The van der Waals surface area contributed by atoms with Crippen LogP contribution in [0.5, 0.6) is 0 Å². The Bertz CT molecular complexity index is 1650. The van der Waals surface area contributed by atoms with Gasteiger partial charge in [-0.25, -0.2) is 22.9 Å². The number of benzene rings is 1. The van der Waals surface area contributed by atoms with Gasteiger partial charge in [0.1, 0.15) is 5.82 Å². The third kappa shape index (κ3) is 5.35. The summed E-state index contributed by atoms with van der Waals surface area (Å²) in [5.74, 6) is -0.0534. The number of carbonyl (C=O) groups is 2. The summed E-state index contributed by atoms with van der Waals surface area (Å²) in [7, 11) is -3.68. The van der Waals surface area contributed by atoms with E-state index in [-0.39, 0.29) is 22.3 Å². The van der Waals surface area contributed by atoms with Crippen LogP contribution in [0.2, 0.25) is 5.02 Å². The number of halogens is 1. The predicted octanol–water partition coefficient (Wildman–Crippen LogP) is 5.48. The molecule has 9 nitrogen and oxygen atoms in total. The van der Waals surface area contributed by atoms with Crippen LogP contribution in [-0.4, -0.2) is 40.6 Å². The lowest BCUT2D eigenvalue weighted by atomic mass is 10.1. The zero-order valence-corrected chi connectivity index (χ0v) is 21.8. The van der Waals surface area contributed by atoms with Gasteiger partial charge in [-0.3, -0.25) is 15.1 Å². The Morgan fingerprint density at radius 3 is 2.65 bits per heavy atom. The highest BCUT2D eigenvalue weighted by molar-refractivity contribution is 7.90. The fourth-order valence-electron chi connectivity index (χ4n) is 3.95. The van der Waals surface area contributed by atoms with Crippen molar-refractivity contribution in [2.45, 2.75) is 31.1 Å². The molecule has 5 rings (SSSR count). The van der Waals surface area contributed by atoms with Crippen LogP contribution in [0.3, 0.4) is 0 Å². The monoisotopic (exact) mass is 556 g/mol. The Balaban J connectivity index is 1.65. The van der Waals surface area contributed by atoms with E-state index >= 15 is 0 Å². The molecule has 0 saturated heterocycles. The summed E-state index contributed by atoms with van der Waals surface area (Å²) in [6.45, 7) is 1.49. The van der Waals surface area contributed by atoms with Crippen molar-refractivity contribution < 1.29 is 23.1 Å². The van der Waals surface area contributed by atoms with Crippen LogP contribution in [-0.2, 0) is 10.0 Å². The minimum atomic E-state index is -3.68. The molecule has 12 heteroatoms. The van der Waals surface area contributed by atoms with Crippen molar-refractivity contribution in [3.63, 3.8) is 0 Å². The van der Waals surface area contributed by atoms with Crippen molar-refractivity contribution >= 4 is 60.7 Å². The highest BCUT2D eigenvalue weighted by atomic mass is 35.5. The molecule has 0 radical (unpaired) electrons. The second kappa shape index (κ2) is 9.82. The number of nitrogens with zero attached hydrogens (tertiary/aromatic N) is 2. The molecule has 3 heterocycles. The second-order valence-electron chi connectivity index (χ2n) is 8.65. The van der Waals surface area contributed by atoms with Crippen molar-refractivity contribution in [2.24, 2.45) is 0 Å². The molecule has 1 atom stereocenters. The Hall–Kier alpha value is -3.38. The number of hydrogen-bond acceptors (Lipinski definition) is 7. The standard InChI is InChI=1S/C25H21ClN4O5S2/c1-13(31)14-9-10-27-19(11-14)17-4-2-3-15-12-20(36-24(15)17)23(30-37(34,35)16-5-6-16)22-18(26)7-8-21(28-22)29-25(32)33/h2-4,7-12,16,23,30H,5-6H2,1H3,(H,28,29)(H,32,33). The molecule has 3 aromatic heterocycles. The molecule has 1 fully saturated rings. The van der Waals surface area contributed by atoms with E-state index in [0.29, 0.717) is 29.0 Å². The molecule has 190 valence electrons. The SMILES string of the molecule is CC(=O)c1ccnc(-c2cccc3cc(C(NS(=O)(=O)C4CC4)c4nc(NC(=O)O)ccc4Cl)sc23)c1. The van der Waals surface area contributed by atoms with E-state index < -0.39 is 27.4 Å². The molecule has 37 heavy (non-hydrogen) atoms. The molecule has 4 aromatic rings. The van der Waals surface area contributed by atoms with Crippen LogP contribution in [0.1, 0.15) is 46.7 Å². The van der Waals surface area contributed by atoms with E-state index in [9.17, 15) is 18.0 Å². The lowest BCUT2D eigenvalue weighted by Crippen LogP contribution is -2.32. The molecular formula is C25H21ClN4O5S2. The molecule has 1 unspecified atom stereocenters. The number of rotatable bonds is 8. The normalized spacial score (nSPS) is 14.4.